The molecule has 2 saturated heterocycles. The number of carbonyl (C=O) groups is 2. The first-order chi connectivity index (χ1) is 11.9. The molecule has 3 heterocycles. The van der Waals surface area contributed by atoms with Gasteiger partial charge in [0.1, 0.15) is 12.7 Å². The zero-order chi connectivity index (χ0) is 18.2. The second-order valence-electron chi connectivity index (χ2n) is 7.03. The van der Waals surface area contributed by atoms with Gasteiger partial charge in [-0.3, -0.25) is 4.90 Å². The standard InChI is InChI=1S/C18H25NO6/c1-3-12-8-11(2)18(23,10-20)17(22)24-9-13-4-6-19-7-5-14(15(13)19)25-16(12)21/h3-4,11,14-15,20,23H,5-10H2,1-2H3/b12-3-/t11-,14+,15+,18-/m0/s1. The fourth-order valence-electron chi connectivity index (χ4n) is 3.85. The second kappa shape index (κ2) is 6.90. The number of cyclic esters (lactones) is 1. The highest BCUT2D eigenvalue weighted by Gasteiger charge is 2.46. The summed E-state index contributed by atoms with van der Waals surface area (Å²) < 4.78 is 11.1. The van der Waals surface area contributed by atoms with Crippen LogP contribution >= 0.6 is 0 Å². The van der Waals surface area contributed by atoms with Gasteiger partial charge in [-0.05, 0) is 25.3 Å². The van der Waals surface area contributed by atoms with Crippen molar-refractivity contribution in [1.82, 2.24) is 4.90 Å². The molecule has 138 valence electrons. The largest absolute Gasteiger partial charge is 0.459 e. The zero-order valence-corrected chi connectivity index (χ0v) is 14.6. The molecular weight excluding hydrogens is 326 g/mol. The number of aliphatic hydroxyl groups is 2. The summed E-state index contributed by atoms with van der Waals surface area (Å²) in [5.74, 6) is -1.99. The first-order valence-electron chi connectivity index (χ1n) is 8.70. The van der Waals surface area contributed by atoms with Crippen molar-refractivity contribution in [3.63, 3.8) is 0 Å². The van der Waals surface area contributed by atoms with Gasteiger partial charge in [-0.2, -0.15) is 0 Å². The summed E-state index contributed by atoms with van der Waals surface area (Å²) in [6.07, 6.45) is 4.20. The summed E-state index contributed by atoms with van der Waals surface area (Å²) in [6.45, 7) is 4.12. The second-order valence-corrected chi connectivity index (χ2v) is 7.03. The molecule has 4 atom stereocenters. The summed E-state index contributed by atoms with van der Waals surface area (Å²) in [6, 6.07) is -0.0890. The van der Waals surface area contributed by atoms with E-state index in [1.165, 1.54) is 0 Å². The maximum Gasteiger partial charge on any atom is 0.341 e. The van der Waals surface area contributed by atoms with Crippen LogP contribution in [0.15, 0.2) is 23.3 Å². The van der Waals surface area contributed by atoms with Crippen molar-refractivity contribution in [2.75, 3.05) is 26.3 Å². The van der Waals surface area contributed by atoms with E-state index in [2.05, 4.69) is 4.90 Å². The lowest BCUT2D eigenvalue weighted by molar-refractivity contribution is -0.176. The lowest BCUT2D eigenvalue weighted by atomic mass is 9.84. The Morgan fingerprint density at radius 2 is 2.20 bits per heavy atom. The van der Waals surface area contributed by atoms with E-state index >= 15 is 0 Å². The number of rotatable bonds is 1. The summed E-state index contributed by atoms with van der Waals surface area (Å²) in [5, 5.41) is 20.2. The van der Waals surface area contributed by atoms with Crippen molar-refractivity contribution in [3.8, 4) is 0 Å². The van der Waals surface area contributed by atoms with Gasteiger partial charge in [0.05, 0.1) is 12.6 Å². The molecular formula is C18H25NO6. The molecule has 25 heavy (non-hydrogen) atoms. The van der Waals surface area contributed by atoms with E-state index in [1.54, 1.807) is 19.9 Å². The normalized spacial score (nSPS) is 38.5. The highest BCUT2D eigenvalue weighted by atomic mass is 16.6. The van der Waals surface area contributed by atoms with E-state index < -0.39 is 30.1 Å². The van der Waals surface area contributed by atoms with Gasteiger partial charge in [0.2, 0.25) is 0 Å². The maximum atomic E-state index is 12.6. The van der Waals surface area contributed by atoms with Crippen LogP contribution in [0.2, 0.25) is 0 Å². The van der Waals surface area contributed by atoms with Crippen molar-refractivity contribution in [2.45, 2.75) is 44.4 Å². The quantitative estimate of drug-likeness (QED) is 0.395. The van der Waals surface area contributed by atoms with Crippen LogP contribution in [0.4, 0.5) is 0 Å². The molecule has 0 saturated carbocycles. The number of carbonyl (C=O) groups excluding carboxylic acids is 2. The van der Waals surface area contributed by atoms with E-state index in [4.69, 9.17) is 9.47 Å². The van der Waals surface area contributed by atoms with Crippen LogP contribution in [0.5, 0.6) is 0 Å². The van der Waals surface area contributed by atoms with Crippen molar-refractivity contribution < 1.29 is 29.3 Å². The zero-order valence-electron chi connectivity index (χ0n) is 14.6. The molecule has 7 nitrogen and oxygen atoms in total. The molecule has 2 N–H and O–H groups in total. The maximum absolute atomic E-state index is 12.6. The molecule has 0 spiro atoms. The van der Waals surface area contributed by atoms with Gasteiger partial charge < -0.3 is 19.7 Å². The third-order valence-corrected chi connectivity index (χ3v) is 5.59. The Kier molecular flexibility index (Phi) is 4.99. The van der Waals surface area contributed by atoms with E-state index in [0.717, 1.165) is 25.1 Å². The van der Waals surface area contributed by atoms with Crippen LogP contribution in [-0.2, 0) is 19.1 Å². The highest BCUT2D eigenvalue weighted by Crippen LogP contribution is 2.34. The third kappa shape index (κ3) is 3.12. The van der Waals surface area contributed by atoms with Crippen molar-refractivity contribution >= 4 is 11.9 Å². The summed E-state index contributed by atoms with van der Waals surface area (Å²) in [7, 11) is 0. The first-order valence-corrected chi connectivity index (χ1v) is 8.70. The predicted octanol–water partition coefficient (Wildman–Crippen LogP) is 0.165. The predicted molar refractivity (Wildman–Crippen MR) is 88.5 cm³/mol. The Bertz CT molecular complexity index is 627. The van der Waals surface area contributed by atoms with Crippen LogP contribution in [0.25, 0.3) is 0 Å². The summed E-state index contributed by atoms with van der Waals surface area (Å²) in [5.41, 5.74) is -0.796. The minimum atomic E-state index is -2.05. The first kappa shape index (κ1) is 18.1. The highest BCUT2D eigenvalue weighted by molar-refractivity contribution is 5.89. The Morgan fingerprint density at radius 1 is 1.44 bits per heavy atom. The molecule has 0 unspecified atom stereocenters. The molecule has 3 aliphatic heterocycles. The van der Waals surface area contributed by atoms with E-state index in [9.17, 15) is 19.8 Å². The molecule has 0 aromatic heterocycles. The molecule has 3 aliphatic rings. The number of ether oxygens (including phenoxy) is 2. The SMILES string of the molecule is C/C=C1/C[C@H](C)[C@@](O)(CO)C(=O)OCC2=CCN3CC[C@@H](OC1=O)[C@@H]23. The van der Waals surface area contributed by atoms with Crippen molar-refractivity contribution in [1.29, 1.82) is 0 Å². The van der Waals surface area contributed by atoms with Crippen LogP contribution in [0, 0.1) is 5.92 Å². The van der Waals surface area contributed by atoms with Gasteiger partial charge >= 0.3 is 11.9 Å². The van der Waals surface area contributed by atoms with Crippen LogP contribution in [-0.4, -0.2) is 71.1 Å². The average Bonchev–Trinajstić information content (AvgIpc) is 3.18. The van der Waals surface area contributed by atoms with Gasteiger partial charge in [0, 0.05) is 24.6 Å². The molecule has 0 aromatic rings. The fourth-order valence-corrected chi connectivity index (χ4v) is 3.85. The minimum Gasteiger partial charge on any atom is -0.459 e. The van der Waals surface area contributed by atoms with Gasteiger partial charge in [0.25, 0.3) is 0 Å². The van der Waals surface area contributed by atoms with Crippen LogP contribution in [0.1, 0.15) is 26.7 Å². The molecule has 0 aliphatic carbocycles. The van der Waals surface area contributed by atoms with Gasteiger partial charge in [-0.15, -0.1) is 0 Å². The lowest BCUT2D eigenvalue weighted by Gasteiger charge is -2.32. The number of esters is 2. The third-order valence-electron chi connectivity index (χ3n) is 5.59. The molecule has 7 heteroatoms. The molecule has 0 bridgehead atoms. The number of aliphatic hydroxyl groups excluding tert-OH is 1. The van der Waals surface area contributed by atoms with E-state index in [-0.39, 0.29) is 25.2 Å². The smallest absolute Gasteiger partial charge is 0.341 e. The average molecular weight is 351 g/mol. The van der Waals surface area contributed by atoms with Crippen molar-refractivity contribution in [3.05, 3.63) is 23.3 Å². The lowest BCUT2D eigenvalue weighted by Crippen LogP contribution is -2.50. The number of hydrogen-bond donors (Lipinski definition) is 2. The fraction of sp³-hybridized carbons (Fsp3) is 0.667. The Morgan fingerprint density at radius 3 is 2.88 bits per heavy atom. The molecule has 2 fully saturated rings. The topological polar surface area (TPSA) is 96.3 Å². The van der Waals surface area contributed by atoms with Crippen LogP contribution in [0.3, 0.4) is 0 Å². The molecule has 0 aromatic carbocycles. The monoisotopic (exact) mass is 351 g/mol. The molecule has 0 radical (unpaired) electrons. The van der Waals surface area contributed by atoms with E-state index in [1.807, 2.05) is 6.08 Å². The van der Waals surface area contributed by atoms with E-state index in [0.29, 0.717) is 5.57 Å². The summed E-state index contributed by atoms with van der Waals surface area (Å²) >= 11 is 0. The number of allylic oxidation sites excluding steroid dienone is 1. The van der Waals surface area contributed by atoms with Crippen molar-refractivity contribution in [2.24, 2.45) is 5.92 Å². The Balaban J connectivity index is 1.93. The minimum absolute atomic E-state index is 0.0273. The molecule has 0 amide bonds. The van der Waals surface area contributed by atoms with Gasteiger partial charge in [0.15, 0.2) is 5.60 Å². The van der Waals surface area contributed by atoms with Gasteiger partial charge in [-0.1, -0.05) is 19.1 Å². The summed E-state index contributed by atoms with van der Waals surface area (Å²) in [4.78, 5) is 27.2. The number of nitrogens with zero attached hydrogens (tertiary/aromatic N) is 1. The Hall–Kier alpha value is -1.70. The number of hydrogen-bond acceptors (Lipinski definition) is 7. The van der Waals surface area contributed by atoms with Crippen LogP contribution < -0.4 is 0 Å². The van der Waals surface area contributed by atoms with Gasteiger partial charge in [-0.25, -0.2) is 9.59 Å². The Labute approximate surface area is 146 Å². The molecule has 3 rings (SSSR count).